The van der Waals surface area contributed by atoms with E-state index in [1.807, 2.05) is 4.98 Å². The summed E-state index contributed by atoms with van der Waals surface area (Å²) in [6.07, 6.45) is -0.530. The molecule has 7 N–H and O–H groups in total. The molecule has 1 aliphatic rings. The van der Waals surface area contributed by atoms with Crippen LogP contribution in [0, 0.1) is 11.8 Å². The highest BCUT2D eigenvalue weighted by molar-refractivity contribution is 7.66. The fraction of sp³-hybridized carbons (Fsp3) is 0.455. The van der Waals surface area contributed by atoms with Crippen LogP contribution < -0.4 is 17.0 Å². The lowest BCUT2D eigenvalue weighted by atomic mass is 10.1. The normalized spacial score (nSPS) is 22.8. The van der Waals surface area contributed by atoms with Crippen LogP contribution in [-0.4, -0.2) is 48.4 Å². The third kappa shape index (κ3) is 7.36. The molecule has 19 heteroatoms. The zero-order valence-electron chi connectivity index (χ0n) is 14.7. The highest BCUT2D eigenvalue weighted by Crippen LogP contribution is 2.66. The Hall–Kier alpha value is -1.43. The monoisotopic (exact) mass is 491 g/mol. The van der Waals surface area contributed by atoms with Gasteiger partial charge >= 0.3 is 29.2 Å². The van der Waals surface area contributed by atoms with Crippen molar-refractivity contribution in [3.63, 3.8) is 0 Å². The van der Waals surface area contributed by atoms with Gasteiger partial charge in [-0.3, -0.25) is 18.9 Å². The Bertz CT molecular complexity index is 1110. The van der Waals surface area contributed by atoms with Crippen LogP contribution in [0.5, 0.6) is 0 Å². The van der Waals surface area contributed by atoms with Gasteiger partial charge in [0.15, 0.2) is 0 Å². The number of nitrogens with two attached hydrogens (primary N) is 1. The highest BCUT2D eigenvalue weighted by Gasteiger charge is 2.42. The lowest BCUT2D eigenvalue weighted by molar-refractivity contribution is -0.180. The van der Waals surface area contributed by atoms with Crippen molar-refractivity contribution in [1.82, 2.24) is 9.55 Å². The average molecular weight is 491 g/mol. The van der Waals surface area contributed by atoms with Crippen molar-refractivity contribution >= 4 is 23.5 Å². The van der Waals surface area contributed by atoms with Crippen molar-refractivity contribution in [2.45, 2.75) is 18.8 Å². The molecule has 2 rings (SSSR count). The molecular weight excluding hydrogens is 475 g/mol. The predicted molar refractivity (Wildman–Crippen MR) is 95.6 cm³/mol. The van der Waals surface area contributed by atoms with E-state index < -0.39 is 53.7 Å². The molecule has 3 unspecified atom stereocenters. The van der Waals surface area contributed by atoms with Crippen LogP contribution in [0.1, 0.15) is 18.2 Å². The Morgan fingerprint density at radius 2 is 1.83 bits per heavy atom. The number of hydrogen-bond donors (Lipinski definition) is 6. The number of rotatable bonds is 8. The fourth-order valence-electron chi connectivity index (χ4n) is 2.14. The number of H-pyrrole nitrogens is 1. The van der Waals surface area contributed by atoms with Crippen LogP contribution >= 0.6 is 23.5 Å². The van der Waals surface area contributed by atoms with Gasteiger partial charge < -0.3 is 30.0 Å². The summed E-state index contributed by atoms with van der Waals surface area (Å²) in [5.74, 6) is 4.93. The summed E-state index contributed by atoms with van der Waals surface area (Å²) in [4.78, 5) is 60.9. The molecule has 0 amide bonds. The number of hydrogen-bond acceptors (Lipinski definition) is 10. The quantitative estimate of drug-likeness (QED) is 0.178. The second-order valence-electron chi connectivity index (χ2n) is 5.55. The SMILES string of the molecule is NCC#Cc1cn([C@H]2CC(COP(=O)(O)OP(=O)(O)OP(=O)(O)O)O2)c(=O)[nH]c1=O. The summed E-state index contributed by atoms with van der Waals surface area (Å²) in [6.45, 7) is -0.667. The number of phosphoric ester groups is 1. The number of nitrogens with zero attached hydrogens (tertiary/aromatic N) is 1. The van der Waals surface area contributed by atoms with E-state index in [4.69, 9.17) is 25.2 Å². The lowest BCUT2D eigenvalue weighted by Crippen LogP contribution is -2.43. The van der Waals surface area contributed by atoms with E-state index in [1.165, 1.54) is 0 Å². The second-order valence-corrected chi connectivity index (χ2v) is 9.97. The first-order valence-electron chi connectivity index (χ1n) is 7.69. The molecule has 0 spiro atoms. The first kappa shape index (κ1) is 24.8. The summed E-state index contributed by atoms with van der Waals surface area (Å²) in [5.41, 5.74) is 3.66. The molecule has 0 aliphatic carbocycles. The van der Waals surface area contributed by atoms with E-state index in [9.17, 15) is 28.2 Å². The van der Waals surface area contributed by atoms with E-state index in [1.54, 1.807) is 0 Å². The molecule has 4 atom stereocenters. The maximum absolute atomic E-state index is 11.9. The molecule has 1 saturated heterocycles. The molecule has 168 valence electrons. The van der Waals surface area contributed by atoms with Gasteiger partial charge in [0.2, 0.25) is 0 Å². The van der Waals surface area contributed by atoms with Crippen molar-refractivity contribution in [3.05, 3.63) is 32.6 Å². The first-order valence-corrected chi connectivity index (χ1v) is 12.2. The minimum Gasteiger partial charge on any atom is -0.352 e. The summed E-state index contributed by atoms with van der Waals surface area (Å²) < 4.78 is 51.2. The number of ether oxygens (including phenoxy) is 1. The third-order valence-corrected chi connectivity index (χ3v) is 7.06. The maximum atomic E-state index is 11.9. The molecule has 1 aromatic heterocycles. The van der Waals surface area contributed by atoms with Crippen molar-refractivity contribution in [1.29, 1.82) is 0 Å². The van der Waals surface area contributed by atoms with Gasteiger partial charge in [0.1, 0.15) is 11.8 Å². The number of nitrogens with one attached hydrogen (secondary N) is 1. The molecule has 1 fully saturated rings. The lowest BCUT2D eigenvalue weighted by Gasteiger charge is -2.36. The highest BCUT2D eigenvalue weighted by atomic mass is 31.3. The summed E-state index contributed by atoms with van der Waals surface area (Å²) in [7, 11) is -16.4. The Morgan fingerprint density at radius 3 is 2.40 bits per heavy atom. The molecule has 0 aromatic carbocycles. The van der Waals surface area contributed by atoms with Gasteiger partial charge in [0.25, 0.3) is 5.56 Å². The molecule has 30 heavy (non-hydrogen) atoms. The van der Waals surface area contributed by atoms with Crippen LogP contribution in [0.25, 0.3) is 0 Å². The zero-order valence-corrected chi connectivity index (χ0v) is 17.4. The van der Waals surface area contributed by atoms with Gasteiger partial charge in [-0.05, 0) is 0 Å². The molecule has 1 aromatic rings. The summed E-state index contributed by atoms with van der Waals surface area (Å²) in [5, 5.41) is 0. The van der Waals surface area contributed by atoms with Gasteiger partial charge in [0, 0.05) is 12.6 Å². The maximum Gasteiger partial charge on any atom is 0.490 e. The van der Waals surface area contributed by atoms with Crippen LogP contribution in [-0.2, 0) is 31.6 Å². The Morgan fingerprint density at radius 1 is 1.20 bits per heavy atom. The third-order valence-electron chi connectivity index (χ3n) is 3.26. The predicted octanol–water partition coefficient (Wildman–Crippen LogP) is -1.52. The van der Waals surface area contributed by atoms with Gasteiger partial charge in [-0.2, -0.15) is 8.62 Å². The first-order chi connectivity index (χ1) is 13.7. The molecular formula is C11H16N3O13P3. The number of aromatic nitrogens is 2. The Kier molecular flexibility index (Phi) is 7.76. The smallest absolute Gasteiger partial charge is 0.352 e. The van der Waals surface area contributed by atoms with E-state index in [0.717, 1.165) is 10.8 Å². The number of aromatic amines is 1. The molecule has 16 nitrogen and oxygen atoms in total. The molecule has 0 bridgehead atoms. The fourth-order valence-corrected chi connectivity index (χ4v) is 5.19. The average Bonchev–Trinajstić information content (AvgIpc) is 2.50. The van der Waals surface area contributed by atoms with Gasteiger partial charge in [-0.15, -0.1) is 0 Å². The molecule has 1 aliphatic heterocycles. The van der Waals surface area contributed by atoms with Crippen molar-refractivity contribution in [3.8, 4) is 11.8 Å². The Labute approximate surface area is 167 Å². The minimum atomic E-state index is -5.62. The van der Waals surface area contributed by atoms with E-state index in [-0.39, 0.29) is 18.5 Å². The van der Waals surface area contributed by atoms with Crippen LogP contribution in [0.3, 0.4) is 0 Å². The molecule has 2 heterocycles. The second kappa shape index (κ2) is 9.37. The van der Waals surface area contributed by atoms with Gasteiger partial charge in [-0.25, -0.2) is 18.5 Å². The standard InChI is InChI=1S/C11H16N3O13P3/c12-3-1-2-7-5-14(11(16)13-10(7)15)9-4-8(25-9)6-24-29(20,21)27-30(22,23)26-28(17,18)19/h5,8-9H,3-4,6,12H2,(H,20,21)(H,22,23)(H,13,15,16)(H2,17,18,19)/t8?,9-/m1/s1. The van der Waals surface area contributed by atoms with Crippen molar-refractivity contribution in [2.24, 2.45) is 5.73 Å². The van der Waals surface area contributed by atoms with E-state index >= 15 is 0 Å². The van der Waals surface area contributed by atoms with Crippen molar-refractivity contribution < 1.29 is 51.2 Å². The topological polar surface area (TPSA) is 250 Å². The van der Waals surface area contributed by atoms with E-state index in [0.29, 0.717) is 0 Å². The van der Waals surface area contributed by atoms with Crippen LogP contribution in [0.15, 0.2) is 15.8 Å². The Balaban J connectivity index is 1.95. The van der Waals surface area contributed by atoms with Crippen LogP contribution in [0.4, 0.5) is 0 Å². The number of phosphoric acid groups is 3. The largest absolute Gasteiger partial charge is 0.490 e. The van der Waals surface area contributed by atoms with Crippen molar-refractivity contribution in [2.75, 3.05) is 13.2 Å². The molecule has 0 saturated carbocycles. The summed E-state index contributed by atoms with van der Waals surface area (Å²) in [6, 6.07) is 0. The zero-order chi connectivity index (χ0) is 22.7. The van der Waals surface area contributed by atoms with Gasteiger partial charge in [-0.1, -0.05) is 11.8 Å². The molecule has 0 radical (unpaired) electrons. The summed E-state index contributed by atoms with van der Waals surface area (Å²) >= 11 is 0. The van der Waals surface area contributed by atoms with Crippen LogP contribution in [0.2, 0.25) is 0 Å². The minimum absolute atomic E-state index is 0.0127. The van der Waals surface area contributed by atoms with Gasteiger partial charge in [0.05, 0.1) is 19.3 Å². The van der Waals surface area contributed by atoms with E-state index in [2.05, 4.69) is 25.0 Å².